The smallest absolute Gasteiger partial charge is 0.00473 e. The molecule has 1 rings (SSSR count). The minimum absolute atomic E-state index is 0.317. The lowest BCUT2D eigenvalue weighted by atomic mass is 9.87. The van der Waals surface area contributed by atoms with Crippen LogP contribution in [-0.4, -0.2) is 31.1 Å². The molecule has 0 amide bonds. The predicted octanol–water partition coefficient (Wildman–Crippen LogP) is 3.12. The Morgan fingerprint density at radius 1 is 1.29 bits per heavy atom. The summed E-state index contributed by atoms with van der Waals surface area (Å²) in [6.07, 6.45) is 5.35. The van der Waals surface area contributed by atoms with Crippen LogP contribution in [0, 0.1) is 17.3 Å². The van der Waals surface area contributed by atoms with Crippen molar-refractivity contribution in [2.75, 3.05) is 26.2 Å². The van der Waals surface area contributed by atoms with E-state index in [1.54, 1.807) is 0 Å². The van der Waals surface area contributed by atoms with Gasteiger partial charge in [0.2, 0.25) is 0 Å². The molecule has 1 heterocycles. The summed E-state index contributed by atoms with van der Waals surface area (Å²) in [5.41, 5.74) is 6.24. The van der Waals surface area contributed by atoms with Gasteiger partial charge in [0, 0.05) is 6.54 Å². The van der Waals surface area contributed by atoms with E-state index < -0.39 is 0 Å². The first kappa shape index (κ1) is 15.0. The molecule has 2 heteroatoms. The van der Waals surface area contributed by atoms with Crippen LogP contribution in [0.5, 0.6) is 0 Å². The van der Waals surface area contributed by atoms with Gasteiger partial charge in [-0.15, -0.1) is 0 Å². The SMILES string of the molecule is CCC(C)(CN)CN1CCCC(C(C)C)CC1. The highest BCUT2D eigenvalue weighted by Gasteiger charge is 2.26. The van der Waals surface area contributed by atoms with Crippen LogP contribution in [-0.2, 0) is 0 Å². The highest BCUT2D eigenvalue weighted by molar-refractivity contribution is 4.80. The maximum Gasteiger partial charge on any atom is 0.00473 e. The average Bonchev–Trinajstić information content (AvgIpc) is 2.54. The lowest BCUT2D eigenvalue weighted by Gasteiger charge is -2.33. The van der Waals surface area contributed by atoms with Gasteiger partial charge in [0.1, 0.15) is 0 Å². The molecule has 0 spiro atoms. The first-order chi connectivity index (χ1) is 8.00. The number of hydrogen-bond donors (Lipinski definition) is 1. The standard InChI is InChI=1S/C15H32N2/c1-5-15(4,11-16)12-17-9-6-7-14(8-10-17)13(2)3/h13-14H,5-12,16H2,1-4H3. The summed E-state index contributed by atoms with van der Waals surface area (Å²) >= 11 is 0. The largest absolute Gasteiger partial charge is 0.330 e. The molecule has 0 bridgehead atoms. The molecule has 0 radical (unpaired) electrons. The van der Waals surface area contributed by atoms with Crippen molar-refractivity contribution < 1.29 is 0 Å². The minimum Gasteiger partial charge on any atom is -0.330 e. The second-order valence-electron chi connectivity index (χ2n) is 6.58. The maximum absolute atomic E-state index is 5.92. The van der Waals surface area contributed by atoms with Crippen molar-refractivity contribution in [3.63, 3.8) is 0 Å². The van der Waals surface area contributed by atoms with E-state index in [0.717, 1.165) is 18.4 Å². The van der Waals surface area contributed by atoms with E-state index in [1.807, 2.05) is 0 Å². The summed E-state index contributed by atoms with van der Waals surface area (Å²) in [6.45, 7) is 13.9. The molecule has 0 aromatic heterocycles. The van der Waals surface area contributed by atoms with Crippen molar-refractivity contribution in [3.05, 3.63) is 0 Å². The molecule has 1 saturated heterocycles. The van der Waals surface area contributed by atoms with Gasteiger partial charge in [-0.2, -0.15) is 0 Å². The molecule has 102 valence electrons. The molecule has 0 aromatic rings. The molecule has 0 aliphatic carbocycles. The van der Waals surface area contributed by atoms with Crippen LogP contribution < -0.4 is 5.73 Å². The molecule has 2 nitrogen and oxygen atoms in total. The Kier molecular flexibility index (Phi) is 5.94. The highest BCUT2D eigenvalue weighted by atomic mass is 15.1. The first-order valence-corrected chi connectivity index (χ1v) is 7.43. The lowest BCUT2D eigenvalue weighted by Crippen LogP contribution is -2.40. The van der Waals surface area contributed by atoms with E-state index in [9.17, 15) is 0 Å². The van der Waals surface area contributed by atoms with Crippen LogP contribution in [0.25, 0.3) is 0 Å². The lowest BCUT2D eigenvalue weighted by molar-refractivity contribution is 0.165. The fraction of sp³-hybridized carbons (Fsp3) is 1.00. The van der Waals surface area contributed by atoms with Crippen molar-refractivity contribution in [2.45, 2.75) is 53.4 Å². The van der Waals surface area contributed by atoms with E-state index in [0.29, 0.717) is 5.41 Å². The second-order valence-corrected chi connectivity index (χ2v) is 6.58. The monoisotopic (exact) mass is 240 g/mol. The fourth-order valence-electron chi connectivity index (χ4n) is 2.87. The molecule has 2 N–H and O–H groups in total. The molecular formula is C15H32N2. The molecular weight excluding hydrogens is 208 g/mol. The Balaban J connectivity index is 2.46. The maximum atomic E-state index is 5.92. The van der Waals surface area contributed by atoms with E-state index in [1.165, 1.54) is 45.3 Å². The second kappa shape index (κ2) is 6.75. The summed E-state index contributed by atoms with van der Waals surface area (Å²) < 4.78 is 0. The summed E-state index contributed by atoms with van der Waals surface area (Å²) in [5, 5.41) is 0. The number of nitrogens with two attached hydrogens (primary N) is 1. The van der Waals surface area contributed by atoms with Crippen molar-refractivity contribution >= 4 is 0 Å². The Morgan fingerprint density at radius 3 is 2.53 bits per heavy atom. The third-order valence-corrected chi connectivity index (χ3v) is 4.76. The highest BCUT2D eigenvalue weighted by Crippen LogP contribution is 2.27. The number of likely N-dealkylation sites (tertiary alicyclic amines) is 1. The quantitative estimate of drug-likeness (QED) is 0.800. The zero-order valence-corrected chi connectivity index (χ0v) is 12.3. The molecule has 1 aliphatic heterocycles. The molecule has 1 fully saturated rings. The van der Waals surface area contributed by atoms with E-state index >= 15 is 0 Å². The van der Waals surface area contributed by atoms with Gasteiger partial charge in [0.15, 0.2) is 0 Å². The van der Waals surface area contributed by atoms with Gasteiger partial charge in [0.05, 0.1) is 0 Å². The van der Waals surface area contributed by atoms with Gasteiger partial charge >= 0.3 is 0 Å². The molecule has 2 unspecified atom stereocenters. The Hall–Kier alpha value is -0.0800. The summed E-state index contributed by atoms with van der Waals surface area (Å²) in [6, 6.07) is 0. The molecule has 1 aliphatic rings. The summed E-state index contributed by atoms with van der Waals surface area (Å²) in [7, 11) is 0. The zero-order chi connectivity index (χ0) is 12.9. The molecule has 0 aromatic carbocycles. The van der Waals surface area contributed by atoms with Crippen LogP contribution in [0.1, 0.15) is 53.4 Å². The van der Waals surface area contributed by atoms with Gasteiger partial charge in [0.25, 0.3) is 0 Å². The van der Waals surface area contributed by atoms with Gasteiger partial charge in [-0.1, -0.05) is 27.7 Å². The van der Waals surface area contributed by atoms with Crippen molar-refractivity contribution in [1.82, 2.24) is 4.90 Å². The third-order valence-electron chi connectivity index (χ3n) is 4.76. The average molecular weight is 240 g/mol. The van der Waals surface area contributed by atoms with Crippen molar-refractivity contribution in [3.8, 4) is 0 Å². The Morgan fingerprint density at radius 2 is 2.00 bits per heavy atom. The third kappa shape index (κ3) is 4.59. The summed E-state index contributed by atoms with van der Waals surface area (Å²) in [4.78, 5) is 2.65. The van der Waals surface area contributed by atoms with Crippen LogP contribution in [0.2, 0.25) is 0 Å². The van der Waals surface area contributed by atoms with Gasteiger partial charge < -0.3 is 10.6 Å². The molecule has 2 atom stereocenters. The number of hydrogen-bond acceptors (Lipinski definition) is 2. The van der Waals surface area contributed by atoms with E-state index in [4.69, 9.17) is 5.73 Å². The topological polar surface area (TPSA) is 29.3 Å². The predicted molar refractivity (Wildman–Crippen MR) is 76.1 cm³/mol. The number of rotatable bonds is 5. The van der Waals surface area contributed by atoms with Gasteiger partial charge in [-0.05, 0) is 62.6 Å². The molecule has 0 saturated carbocycles. The Labute approximate surface area is 108 Å². The number of nitrogens with zero attached hydrogens (tertiary/aromatic N) is 1. The van der Waals surface area contributed by atoms with Crippen LogP contribution >= 0.6 is 0 Å². The van der Waals surface area contributed by atoms with Crippen LogP contribution in [0.4, 0.5) is 0 Å². The molecule has 17 heavy (non-hydrogen) atoms. The summed E-state index contributed by atoms with van der Waals surface area (Å²) in [5.74, 6) is 1.78. The Bertz CT molecular complexity index is 209. The minimum atomic E-state index is 0.317. The van der Waals surface area contributed by atoms with Crippen molar-refractivity contribution in [2.24, 2.45) is 23.0 Å². The van der Waals surface area contributed by atoms with Crippen LogP contribution in [0.3, 0.4) is 0 Å². The van der Waals surface area contributed by atoms with E-state index in [2.05, 4.69) is 32.6 Å². The van der Waals surface area contributed by atoms with Gasteiger partial charge in [-0.3, -0.25) is 0 Å². The normalized spacial score (nSPS) is 26.8. The van der Waals surface area contributed by atoms with Gasteiger partial charge in [-0.25, -0.2) is 0 Å². The zero-order valence-electron chi connectivity index (χ0n) is 12.3. The van der Waals surface area contributed by atoms with E-state index in [-0.39, 0.29) is 0 Å². The van der Waals surface area contributed by atoms with Crippen LogP contribution in [0.15, 0.2) is 0 Å². The fourth-order valence-corrected chi connectivity index (χ4v) is 2.87. The van der Waals surface area contributed by atoms with Crippen molar-refractivity contribution in [1.29, 1.82) is 0 Å². The first-order valence-electron chi connectivity index (χ1n) is 7.43.